The van der Waals surface area contributed by atoms with Crippen LogP contribution in [0.5, 0.6) is 0 Å². The van der Waals surface area contributed by atoms with E-state index in [2.05, 4.69) is 56.3 Å². The molecular weight excluding hydrogens is 498 g/mol. The van der Waals surface area contributed by atoms with Crippen molar-refractivity contribution in [2.24, 2.45) is 0 Å². The van der Waals surface area contributed by atoms with Gasteiger partial charge in [0.25, 0.3) is 0 Å². The summed E-state index contributed by atoms with van der Waals surface area (Å²) in [6.07, 6.45) is 18.9. The van der Waals surface area contributed by atoms with Gasteiger partial charge in [0.1, 0.15) is 0 Å². The molecule has 0 radical (unpaired) electrons. The molecule has 8 nitrogen and oxygen atoms in total. The second-order valence-corrected chi connectivity index (χ2v) is 10.8. The molecule has 0 bridgehead atoms. The highest BCUT2D eigenvalue weighted by Gasteiger charge is 2.40. The topological polar surface area (TPSA) is 135 Å². The summed E-state index contributed by atoms with van der Waals surface area (Å²) in [5, 5.41) is 33.8. The van der Waals surface area contributed by atoms with Crippen LogP contribution in [0.15, 0.2) is 30.3 Å². The van der Waals surface area contributed by atoms with Gasteiger partial charge in [-0.3, -0.25) is 9.59 Å². The molecule has 1 aromatic rings. The minimum Gasteiger partial charge on any atom is -0.481 e. The second kappa shape index (κ2) is 22.4. The van der Waals surface area contributed by atoms with E-state index in [1.807, 2.05) is 0 Å². The van der Waals surface area contributed by atoms with E-state index in [0.29, 0.717) is 6.04 Å². The molecule has 0 spiro atoms. The Hall–Kier alpha value is -2.45. The third-order valence-electron chi connectivity index (χ3n) is 6.97. The zero-order valence-electron chi connectivity index (χ0n) is 24.4. The van der Waals surface area contributed by atoms with Gasteiger partial charge in [-0.15, -0.1) is 0 Å². The van der Waals surface area contributed by atoms with Crippen LogP contribution < -0.4 is 0 Å². The van der Waals surface area contributed by atoms with E-state index >= 15 is 0 Å². The minimum atomic E-state index is -2.74. The summed E-state index contributed by atoms with van der Waals surface area (Å²) >= 11 is 0. The van der Waals surface area contributed by atoms with Crippen molar-refractivity contribution >= 4 is 17.9 Å². The maximum absolute atomic E-state index is 10.3. The van der Waals surface area contributed by atoms with Gasteiger partial charge in [-0.25, -0.2) is 4.79 Å². The van der Waals surface area contributed by atoms with Crippen molar-refractivity contribution in [3.8, 4) is 0 Å². The first-order valence-electron chi connectivity index (χ1n) is 14.6. The van der Waals surface area contributed by atoms with E-state index in [-0.39, 0.29) is 0 Å². The summed E-state index contributed by atoms with van der Waals surface area (Å²) in [5.74, 6) is -5.02. The first-order valence-corrected chi connectivity index (χ1v) is 14.6. The molecule has 0 aliphatic rings. The molecule has 0 aromatic heterocycles. The van der Waals surface area contributed by atoms with Gasteiger partial charge in [-0.2, -0.15) is 0 Å². The number of carboxylic acids is 3. The Morgan fingerprint density at radius 2 is 1.13 bits per heavy atom. The summed E-state index contributed by atoms with van der Waals surface area (Å²) < 4.78 is 0. The van der Waals surface area contributed by atoms with E-state index in [9.17, 15) is 14.4 Å². The Labute approximate surface area is 235 Å². The lowest BCUT2D eigenvalue weighted by Gasteiger charge is -2.24. The maximum Gasteiger partial charge on any atom is 0.336 e. The molecule has 4 N–H and O–H groups in total. The van der Waals surface area contributed by atoms with Crippen molar-refractivity contribution < 1.29 is 34.8 Å². The largest absolute Gasteiger partial charge is 0.481 e. The normalized spacial score (nSPS) is 12.0. The monoisotopic (exact) mass is 551 g/mol. The molecule has 0 aliphatic heterocycles. The van der Waals surface area contributed by atoms with Crippen LogP contribution in [0.3, 0.4) is 0 Å². The zero-order chi connectivity index (χ0) is 29.5. The van der Waals surface area contributed by atoms with Crippen LogP contribution in [0.2, 0.25) is 0 Å². The average Bonchev–Trinajstić information content (AvgIpc) is 2.86. The molecule has 8 heteroatoms. The lowest BCUT2D eigenvalue weighted by Crippen LogP contribution is -2.42. The predicted octanol–water partition coefficient (Wildman–Crippen LogP) is 6.39. The number of carboxylic acid groups (broad SMARTS) is 3. The zero-order valence-corrected chi connectivity index (χ0v) is 24.4. The van der Waals surface area contributed by atoms with Gasteiger partial charge < -0.3 is 25.3 Å². The van der Waals surface area contributed by atoms with E-state index < -0.39 is 36.4 Å². The molecule has 224 valence electrons. The number of aliphatic carboxylic acids is 3. The standard InChI is InChI=1S/C25H45N.C6H8O7/c1-4-5-6-7-8-9-10-11-12-13-14-15-19-22-25(26(2)3)23-24-20-17-16-18-21-24;7-3(8)1-6(13,5(11)12)2-4(9)10/h16-18,20-21,25H,4-15,19,22-23H2,1-3H3;13H,1-2H2,(H,7,8)(H,9,10)(H,11,12). The Morgan fingerprint density at radius 1 is 0.718 bits per heavy atom. The van der Waals surface area contributed by atoms with Crippen LogP contribution in [0.25, 0.3) is 0 Å². The van der Waals surface area contributed by atoms with Crippen LogP contribution in [-0.2, 0) is 20.8 Å². The van der Waals surface area contributed by atoms with Crippen molar-refractivity contribution in [3.63, 3.8) is 0 Å². The Bertz CT molecular complexity index is 766. The molecule has 1 atom stereocenters. The summed E-state index contributed by atoms with van der Waals surface area (Å²) in [6, 6.07) is 11.6. The third kappa shape index (κ3) is 20.2. The molecule has 0 heterocycles. The van der Waals surface area contributed by atoms with E-state index in [4.69, 9.17) is 20.4 Å². The van der Waals surface area contributed by atoms with E-state index in [1.54, 1.807) is 0 Å². The van der Waals surface area contributed by atoms with Crippen molar-refractivity contribution in [1.82, 2.24) is 4.90 Å². The molecule has 0 aliphatic carbocycles. The van der Waals surface area contributed by atoms with Crippen molar-refractivity contribution in [2.75, 3.05) is 14.1 Å². The molecule has 0 saturated carbocycles. The number of benzene rings is 1. The van der Waals surface area contributed by atoms with E-state index in [1.165, 1.54) is 102 Å². The SMILES string of the molecule is CCCCCCCCCCCCCCCC(Cc1ccccc1)N(C)C.O=C(O)CC(O)(CC(=O)O)C(=O)O. The fourth-order valence-corrected chi connectivity index (χ4v) is 4.54. The first-order chi connectivity index (χ1) is 18.5. The number of unbranched alkanes of at least 4 members (excludes halogenated alkanes) is 12. The maximum atomic E-state index is 10.3. The van der Waals surface area contributed by atoms with Crippen LogP contribution in [0.4, 0.5) is 0 Å². The lowest BCUT2D eigenvalue weighted by atomic mass is 9.96. The number of hydrogen-bond donors (Lipinski definition) is 4. The van der Waals surface area contributed by atoms with Gasteiger partial charge in [0.05, 0.1) is 12.8 Å². The summed E-state index contributed by atoms with van der Waals surface area (Å²) in [6.45, 7) is 2.30. The number of likely N-dealkylation sites (N-methyl/N-ethyl adjacent to an activating group) is 1. The Morgan fingerprint density at radius 3 is 1.49 bits per heavy atom. The molecule has 0 amide bonds. The van der Waals surface area contributed by atoms with Gasteiger partial charge in [0.2, 0.25) is 0 Å². The second-order valence-electron chi connectivity index (χ2n) is 10.8. The smallest absolute Gasteiger partial charge is 0.336 e. The third-order valence-corrected chi connectivity index (χ3v) is 6.97. The number of rotatable bonds is 22. The Kier molecular flexibility index (Phi) is 21.0. The minimum absolute atomic E-state index is 0.685. The molecule has 1 rings (SSSR count). The predicted molar refractivity (Wildman–Crippen MR) is 155 cm³/mol. The fourth-order valence-electron chi connectivity index (χ4n) is 4.54. The van der Waals surface area contributed by atoms with Crippen LogP contribution >= 0.6 is 0 Å². The number of hydrogen-bond acceptors (Lipinski definition) is 5. The molecular formula is C31H53NO7. The summed E-state index contributed by atoms with van der Waals surface area (Å²) in [5.41, 5.74) is -1.27. The van der Waals surface area contributed by atoms with Crippen molar-refractivity contribution in [3.05, 3.63) is 35.9 Å². The van der Waals surface area contributed by atoms with Crippen molar-refractivity contribution in [1.29, 1.82) is 0 Å². The number of nitrogens with zero attached hydrogens (tertiary/aromatic N) is 1. The fraction of sp³-hybridized carbons (Fsp3) is 0.710. The quantitative estimate of drug-likeness (QED) is 0.122. The van der Waals surface area contributed by atoms with E-state index in [0.717, 1.165) is 0 Å². The van der Waals surface area contributed by atoms with Gasteiger partial charge in [-0.1, -0.05) is 121 Å². The van der Waals surface area contributed by atoms with Crippen LogP contribution in [0.1, 0.15) is 115 Å². The highest BCUT2D eigenvalue weighted by atomic mass is 16.4. The highest BCUT2D eigenvalue weighted by molar-refractivity contribution is 5.88. The van der Waals surface area contributed by atoms with Crippen molar-refractivity contribution in [2.45, 2.75) is 128 Å². The van der Waals surface area contributed by atoms with Gasteiger partial charge >= 0.3 is 17.9 Å². The van der Waals surface area contributed by atoms with Crippen LogP contribution in [0, 0.1) is 0 Å². The molecule has 1 unspecified atom stereocenters. The number of carbonyl (C=O) groups is 3. The Balaban J connectivity index is 0.000000935. The summed E-state index contributed by atoms with van der Waals surface area (Å²) in [7, 11) is 4.46. The van der Waals surface area contributed by atoms with Gasteiger partial charge in [0.15, 0.2) is 5.60 Å². The number of aliphatic hydroxyl groups is 1. The lowest BCUT2D eigenvalue weighted by molar-refractivity contribution is -0.170. The average molecular weight is 552 g/mol. The first kappa shape index (κ1) is 36.5. The molecule has 0 saturated heterocycles. The van der Waals surface area contributed by atoms with Crippen LogP contribution in [-0.4, -0.2) is 69.0 Å². The molecule has 0 fully saturated rings. The molecule has 1 aromatic carbocycles. The van der Waals surface area contributed by atoms with Gasteiger partial charge in [0, 0.05) is 6.04 Å². The molecule has 39 heavy (non-hydrogen) atoms. The van der Waals surface area contributed by atoms with Gasteiger partial charge in [-0.05, 0) is 32.5 Å². The highest BCUT2D eigenvalue weighted by Crippen LogP contribution is 2.17. The summed E-state index contributed by atoms with van der Waals surface area (Å²) in [4.78, 5) is 32.9.